The van der Waals surface area contributed by atoms with Crippen LogP contribution in [0.25, 0.3) is 0 Å². The summed E-state index contributed by atoms with van der Waals surface area (Å²) < 4.78 is 39.1. The van der Waals surface area contributed by atoms with Crippen molar-refractivity contribution in [2.24, 2.45) is 11.1 Å². The number of nitrogens with one attached hydrogen (secondary N) is 1. The third-order valence-electron chi connectivity index (χ3n) is 6.06. The smallest absolute Gasteiger partial charge is 0.427 e. The summed E-state index contributed by atoms with van der Waals surface area (Å²) in [6.07, 6.45) is -0.261. The van der Waals surface area contributed by atoms with Crippen molar-refractivity contribution in [3.63, 3.8) is 0 Å². The van der Waals surface area contributed by atoms with Gasteiger partial charge in [-0.2, -0.15) is 0 Å². The Balaban J connectivity index is 1.84. The van der Waals surface area contributed by atoms with E-state index in [0.717, 1.165) is 5.56 Å². The molecule has 1 amide bonds. The van der Waals surface area contributed by atoms with Crippen LogP contribution in [0.4, 0.5) is 4.79 Å². The number of hydrogen-bond acceptors (Lipinski definition) is 8. The number of hydroxylamine groups is 1. The molecule has 11 heteroatoms. The second-order valence-corrected chi connectivity index (χ2v) is 11.7. The van der Waals surface area contributed by atoms with Crippen molar-refractivity contribution in [3.05, 3.63) is 54.1 Å². The minimum Gasteiger partial charge on any atom is -0.486 e. The lowest BCUT2D eigenvalue weighted by Crippen LogP contribution is -2.48. The first-order valence-electron chi connectivity index (χ1n) is 12.3. The van der Waals surface area contributed by atoms with E-state index < -0.39 is 33.7 Å². The molecule has 0 saturated heterocycles. The predicted octanol–water partition coefficient (Wildman–Crippen LogP) is 2.85. The second-order valence-electron chi connectivity index (χ2n) is 9.89. The van der Waals surface area contributed by atoms with Crippen molar-refractivity contribution in [2.45, 2.75) is 57.1 Å². The number of nitrogens with zero attached hydrogens (tertiary/aromatic N) is 1. The number of fused-ring (bicyclic) bond motifs is 1. The minimum absolute atomic E-state index is 0.101. The first kappa shape index (κ1) is 28.7. The Hall–Kier alpha value is -2.86. The number of carbonyl (C=O) groups is 1. The van der Waals surface area contributed by atoms with Crippen LogP contribution in [0.2, 0.25) is 0 Å². The number of rotatable bonds is 12. The van der Waals surface area contributed by atoms with Gasteiger partial charge in [0.2, 0.25) is 0 Å². The van der Waals surface area contributed by atoms with Gasteiger partial charge in [0.1, 0.15) is 13.2 Å². The van der Waals surface area contributed by atoms with Crippen LogP contribution in [-0.4, -0.2) is 62.5 Å². The molecule has 0 spiro atoms. The number of aliphatic hydroxyl groups is 1. The zero-order chi connectivity index (χ0) is 27.1. The van der Waals surface area contributed by atoms with Gasteiger partial charge in [0.05, 0.1) is 23.6 Å². The maximum atomic E-state index is 13.7. The molecule has 1 aliphatic rings. The first-order chi connectivity index (χ1) is 17.5. The molecular weight excluding hydrogens is 498 g/mol. The third kappa shape index (κ3) is 8.06. The van der Waals surface area contributed by atoms with Crippen LogP contribution < -0.4 is 20.5 Å². The molecule has 0 fully saturated rings. The van der Waals surface area contributed by atoms with E-state index in [1.807, 2.05) is 44.2 Å². The Morgan fingerprint density at radius 1 is 1.16 bits per heavy atom. The van der Waals surface area contributed by atoms with E-state index in [0.29, 0.717) is 55.0 Å². The SMILES string of the molecule is CC(O)C(Cc1ccccc1)NC(=O)ON(CC(C)(C)CCCN)S(=O)(=O)c1ccc2c(c1)OCCO2. The number of benzene rings is 2. The molecule has 4 N–H and O–H groups in total. The fourth-order valence-electron chi connectivity index (χ4n) is 3.96. The largest absolute Gasteiger partial charge is 0.486 e. The Kier molecular flexibility index (Phi) is 9.77. The van der Waals surface area contributed by atoms with Gasteiger partial charge in [-0.05, 0) is 60.3 Å². The monoisotopic (exact) mass is 535 g/mol. The van der Waals surface area contributed by atoms with Gasteiger partial charge in [0.25, 0.3) is 10.0 Å². The summed E-state index contributed by atoms with van der Waals surface area (Å²) in [6.45, 7) is 6.33. The lowest BCUT2D eigenvalue weighted by Gasteiger charge is -2.31. The van der Waals surface area contributed by atoms with Crippen molar-refractivity contribution in [1.82, 2.24) is 9.79 Å². The zero-order valence-corrected chi connectivity index (χ0v) is 22.4. The Morgan fingerprint density at radius 2 is 1.84 bits per heavy atom. The molecule has 2 unspecified atom stereocenters. The van der Waals surface area contributed by atoms with E-state index in [4.69, 9.17) is 20.0 Å². The van der Waals surface area contributed by atoms with Crippen LogP contribution in [0.1, 0.15) is 39.2 Å². The second kappa shape index (κ2) is 12.6. The summed E-state index contributed by atoms with van der Waals surface area (Å²) in [6, 6.07) is 12.9. The van der Waals surface area contributed by atoms with Gasteiger partial charge in [0.15, 0.2) is 11.5 Å². The lowest BCUT2D eigenvalue weighted by molar-refractivity contribution is -0.0472. The molecule has 10 nitrogen and oxygen atoms in total. The maximum absolute atomic E-state index is 13.7. The molecule has 2 atom stereocenters. The minimum atomic E-state index is -4.28. The number of hydrogen-bond donors (Lipinski definition) is 3. The van der Waals surface area contributed by atoms with Crippen molar-refractivity contribution in [3.8, 4) is 11.5 Å². The van der Waals surface area contributed by atoms with Crippen LogP contribution in [0.3, 0.4) is 0 Å². The Labute approximate surface area is 218 Å². The maximum Gasteiger partial charge on any atom is 0.427 e. The zero-order valence-electron chi connectivity index (χ0n) is 21.6. The molecule has 2 aromatic carbocycles. The molecule has 0 saturated carbocycles. The summed E-state index contributed by atoms with van der Waals surface area (Å²) in [5.41, 5.74) is 6.01. The van der Waals surface area contributed by atoms with Crippen molar-refractivity contribution >= 4 is 16.1 Å². The van der Waals surface area contributed by atoms with Gasteiger partial charge in [-0.25, -0.2) is 13.2 Å². The van der Waals surface area contributed by atoms with Crippen molar-refractivity contribution < 1.29 is 32.6 Å². The van der Waals surface area contributed by atoms with E-state index >= 15 is 0 Å². The molecule has 1 aliphatic heterocycles. The van der Waals surface area contributed by atoms with Gasteiger partial charge in [0, 0.05) is 6.07 Å². The molecule has 0 aromatic heterocycles. The van der Waals surface area contributed by atoms with E-state index in [1.54, 1.807) is 6.92 Å². The highest BCUT2D eigenvalue weighted by molar-refractivity contribution is 7.89. The number of amides is 1. The van der Waals surface area contributed by atoms with Gasteiger partial charge in [-0.3, -0.25) is 0 Å². The van der Waals surface area contributed by atoms with Crippen molar-refractivity contribution in [1.29, 1.82) is 0 Å². The molecule has 204 valence electrons. The number of ether oxygens (including phenoxy) is 2. The fraction of sp³-hybridized carbons (Fsp3) is 0.500. The number of aliphatic hydroxyl groups excluding tert-OH is 1. The predicted molar refractivity (Wildman–Crippen MR) is 139 cm³/mol. The third-order valence-corrected chi connectivity index (χ3v) is 7.65. The molecule has 0 radical (unpaired) electrons. The van der Waals surface area contributed by atoms with Gasteiger partial charge >= 0.3 is 6.09 Å². The highest BCUT2D eigenvalue weighted by Gasteiger charge is 2.35. The summed E-state index contributed by atoms with van der Waals surface area (Å²) in [4.78, 5) is 18.3. The summed E-state index contributed by atoms with van der Waals surface area (Å²) in [5, 5.41) is 12.9. The molecule has 3 rings (SSSR count). The average Bonchev–Trinajstić information content (AvgIpc) is 2.87. The van der Waals surface area contributed by atoms with Gasteiger partial charge in [-0.1, -0.05) is 44.2 Å². The van der Waals surface area contributed by atoms with Crippen LogP contribution in [0.15, 0.2) is 53.4 Å². The molecule has 1 heterocycles. The normalized spacial score (nSPS) is 15.2. The number of nitrogens with two attached hydrogens (primary N) is 1. The molecular formula is C26H37N3O7S. The highest BCUT2D eigenvalue weighted by atomic mass is 32.2. The molecule has 0 aliphatic carbocycles. The van der Waals surface area contributed by atoms with Crippen LogP contribution in [0, 0.1) is 5.41 Å². The van der Waals surface area contributed by atoms with Gasteiger partial charge < -0.3 is 30.5 Å². The van der Waals surface area contributed by atoms with Crippen molar-refractivity contribution in [2.75, 3.05) is 26.3 Å². The number of carbonyl (C=O) groups excluding carboxylic acids is 1. The van der Waals surface area contributed by atoms with E-state index in [9.17, 15) is 18.3 Å². The fourth-order valence-corrected chi connectivity index (χ4v) is 5.37. The Bertz CT molecular complexity index is 1140. The summed E-state index contributed by atoms with van der Waals surface area (Å²) in [7, 11) is -4.28. The highest BCUT2D eigenvalue weighted by Crippen LogP contribution is 2.34. The average molecular weight is 536 g/mol. The van der Waals surface area contributed by atoms with Gasteiger partial charge in [-0.15, -0.1) is 0 Å². The standard InChI is InChI=1S/C26H37N3O7S/c1-19(30)22(16-20-8-5-4-6-9-20)28-25(31)36-29(18-26(2,3)12-7-13-27)37(32,33)21-10-11-23-24(17-21)35-15-14-34-23/h4-6,8-11,17,19,22,30H,7,12-16,18,27H2,1-3H3,(H,28,31). The lowest BCUT2D eigenvalue weighted by atomic mass is 9.88. The van der Waals surface area contributed by atoms with Crippen LogP contribution in [-0.2, 0) is 21.3 Å². The molecule has 37 heavy (non-hydrogen) atoms. The topological polar surface area (TPSA) is 140 Å². The molecule has 2 aromatic rings. The molecule has 0 bridgehead atoms. The van der Waals surface area contributed by atoms with E-state index in [1.165, 1.54) is 18.2 Å². The summed E-state index contributed by atoms with van der Waals surface area (Å²) >= 11 is 0. The quantitative estimate of drug-likeness (QED) is 0.353. The van der Waals surface area contributed by atoms with Crippen LogP contribution >= 0.6 is 0 Å². The summed E-state index contributed by atoms with van der Waals surface area (Å²) in [5.74, 6) is 0.746. The van der Waals surface area contributed by atoms with E-state index in [2.05, 4.69) is 5.32 Å². The Morgan fingerprint density at radius 3 is 2.49 bits per heavy atom. The number of sulfonamides is 1. The van der Waals surface area contributed by atoms with E-state index in [-0.39, 0.29) is 11.4 Å². The van der Waals surface area contributed by atoms with Crippen LogP contribution in [0.5, 0.6) is 11.5 Å². The first-order valence-corrected chi connectivity index (χ1v) is 13.8.